The number of piperazine rings is 1. The van der Waals surface area contributed by atoms with E-state index in [0.717, 1.165) is 19.5 Å². The van der Waals surface area contributed by atoms with Gasteiger partial charge in [-0.25, -0.2) is 0 Å². The van der Waals surface area contributed by atoms with Gasteiger partial charge in [0.1, 0.15) is 0 Å². The highest BCUT2D eigenvalue weighted by Crippen LogP contribution is 2.27. The van der Waals surface area contributed by atoms with E-state index in [1.807, 2.05) is 0 Å². The second-order valence-electron chi connectivity index (χ2n) is 8.32. The first-order chi connectivity index (χ1) is 9.68. The Hall–Kier alpha value is -0.860. The van der Waals surface area contributed by atoms with Crippen LogP contribution in [-0.2, 0) is 6.42 Å². The van der Waals surface area contributed by atoms with Crippen LogP contribution >= 0.6 is 0 Å². The van der Waals surface area contributed by atoms with E-state index in [-0.39, 0.29) is 11.1 Å². The van der Waals surface area contributed by atoms with Gasteiger partial charge >= 0.3 is 0 Å². The molecule has 0 aliphatic carbocycles. The smallest absolute Gasteiger partial charge is 0.0269 e. The molecule has 2 nitrogen and oxygen atoms in total. The fraction of sp³-hybridized carbons (Fsp3) is 0.684. The molecule has 1 aromatic carbocycles. The lowest BCUT2D eigenvalue weighted by atomic mass is 9.93. The van der Waals surface area contributed by atoms with E-state index in [1.165, 1.54) is 12.1 Å². The zero-order chi connectivity index (χ0) is 15.7. The molecule has 0 aromatic heterocycles. The van der Waals surface area contributed by atoms with E-state index >= 15 is 0 Å². The van der Waals surface area contributed by atoms with Crippen LogP contribution in [0, 0.1) is 0 Å². The maximum Gasteiger partial charge on any atom is 0.0269 e. The molecule has 118 valence electrons. The first-order valence-corrected chi connectivity index (χ1v) is 8.23. The zero-order valence-corrected chi connectivity index (χ0v) is 14.7. The minimum absolute atomic E-state index is 0.240. The quantitative estimate of drug-likeness (QED) is 0.816. The highest BCUT2D eigenvalue weighted by atomic mass is 15.3. The Bertz CT molecular complexity index is 439. The molecule has 1 heterocycles. The van der Waals surface area contributed by atoms with Gasteiger partial charge < -0.3 is 0 Å². The molecule has 2 rings (SSSR count). The van der Waals surface area contributed by atoms with Crippen molar-refractivity contribution < 1.29 is 0 Å². The molecule has 0 saturated carbocycles. The molecule has 1 unspecified atom stereocenters. The van der Waals surface area contributed by atoms with Crippen LogP contribution in [-0.4, -0.2) is 46.6 Å². The van der Waals surface area contributed by atoms with Gasteiger partial charge in [0.25, 0.3) is 0 Å². The van der Waals surface area contributed by atoms with Gasteiger partial charge in [-0.2, -0.15) is 0 Å². The first kappa shape index (κ1) is 16.5. The fourth-order valence-electron chi connectivity index (χ4n) is 3.41. The molecule has 0 N–H and O–H groups in total. The van der Waals surface area contributed by atoms with Crippen LogP contribution < -0.4 is 0 Å². The Kier molecular flexibility index (Phi) is 4.79. The summed E-state index contributed by atoms with van der Waals surface area (Å²) in [5, 5.41) is 0. The number of hydrogen-bond donors (Lipinski definition) is 0. The number of hydrogen-bond acceptors (Lipinski definition) is 2. The molecule has 0 amide bonds. The fourth-order valence-corrected chi connectivity index (χ4v) is 3.41. The number of rotatable bonds is 2. The minimum Gasteiger partial charge on any atom is -0.296 e. The number of benzene rings is 1. The summed E-state index contributed by atoms with van der Waals surface area (Å²) in [7, 11) is 0. The molecule has 1 aromatic rings. The highest BCUT2D eigenvalue weighted by Gasteiger charge is 2.36. The molecular weight excluding hydrogens is 256 g/mol. The normalized spacial score (nSPS) is 22.5. The topological polar surface area (TPSA) is 6.48 Å². The third-order valence-corrected chi connectivity index (χ3v) is 4.61. The predicted molar refractivity (Wildman–Crippen MR) is 91.7 cm³/mol. The van der Waals surface area contributed by atoms with Crippen LogP contribution in [0.3, 0.4) is 0 Å². The van der Waals surface area contributed by atoms with Gasteiger partial charge in [0.2, 0.25) is 0 Å². The average Bonchev–Trinajstić information content (AvgIpc) is 2.37. The van der Waals surface area contributed by atoms with Gasteiger partial charge in [0.05, 0.1) is 0 Å². The van der Waals surface area contributed by atoms with Crippen LogP contribution in [0.5, 0.6) is 0 Å². The molecule has 0 bridgehead atoms. The minimum atomic E-state index is 0.240. The van der Waals surface area contributed by atoms with Gasteiger partial charge in [-0.1, -0.05) is 30.3 Å². The van der Waals surface area contributed by atoms with Crippen molar-refractivity contribution in [2.24, 2.45) is 0 Å². The summed E-state index contributed by atoms with van der Waals surface area (Å²) in [6.45, 7) is 17.5. The monoisotopic (exact) mass is 288 g/mol. The van der Waals surface area contributed by atoms with Gasteiger partial charge in [0.15, 0.2) is 0 Å². The SMILES string of the molecule is CC(C)(C)N1CCN(C(C)(C)C)C(Cc2ccccc2)C1. The van der Waals surface area contributed by atoms with Crippen LogP contribution in [0.4, 0.5) is 0 Å². The molecule has 1 aliphatic rings. The van der Waals surface area contributed by atoms with Gasteiger partial charge in [0, 0.05) is 36.8 Å². The van der Waals surface area contributed by atoms with E-state index in [0.29, 0.717) is 6.04 Å². The molecule has 0 radical (unpaired) electrons. The Balaban J connectivity index is 2.17. The number of nitrogens with zero attached hydrogens (tertiary/aromatic N) is 2. The maximum absolute atomic E-state index is 2.70. The summed E-state index contributed by atoms with van der Waals surface area (Å²) in [6, 6.07) is 11.5. The van der Waals surface area contributed by atoms with E-state index in [2.05, 4.69) is 81.7 Å². The van der Waals surface area contributed by atoms with Crippen molar-refractivity contribution in [1.29, 1.82) is 0 Å². The second kappa shape index (κ2) is 6.10. The second-order valence-corrected chi connectivity index (χ2v) is 8.32. The summed E-state index contributed by atoms with van der Waals surface area (Å²) in [5.41, 5.74) is 1.95. The molecule has 1 atom stereocenters. The standard InChI is InChI=1S/C19H32N2/c1-18(2,3)20-12-13-21(19(4,5)6)17(15-20)14-16-10-8-7-9-11-16/h7-11,17H,12-15H2,1-6H3. The summed E-state index contributed by atoms with van der Waals surface area (Å²) >= 11 is 0. The van der Waals surface area contributed by atoms with Crippen LogP contribution in [0.2, 0.25) is 0 Å². The Morgan fingerprint density at radius 3 is 2.05 bits per heavy atom. The summed E-state index contributed by atoms with van der Waals surface area (Å²) < 4.78 is 0. The van der Waals surface area contributed by atoms with E-state index < -0.39 is 0 Å². The summed E-state index contributed by atoms with van der Waals surface area (Å²) in [6.07, 6.45) is 1.14. The van der Waals surface area contributed by atoms with E-state index in [1.54, 1.807) is 0 Å². The lowest BCUT2D eigenvalue weighted by Gasteiger charge is -2.51. The van der Waals surface area contributed by atoms with E-state index in [4.69, 9.17) is 0 Å². The van der Waals surface area contributed by atoms with Crippen molar-refractivity contribution in [3.63, 3.8) is 0 Å². The molecule has 1 fully saturated rings. The summed E-state index contributed by atoms with van der Waals surface area (Å²) in [5.74, 6) is 0. The van der Waals surface area contributed by atoms with Crippen LogP contribution in [0.25, 0.3) is 0 Å². The van der Waals surface area contributed by atoms with E-state index in [9.17, 15) is 0 Å². The summed E-state index contributed by atoms with van der Waals surface area (Å²) in [4.78, 5) is 5.34. The lowest BCUT2D eigenvalue weighted by Crippen LogP contribution is -2.63. The van der Waals surface area contributed by atoms with Crippen LogP contribution in [0.1, 0.15) is 47.1 Å². The van der Waals surface area contributed by atoms with Gasteiger partial charge in [-0.15, -0.1) is 0 Å². The first-order valence-electron chi connectivity index (χ1n) is 8.23. The lowest BCUT2D eigenvalue weighted by molar-refractivity contribution is -0.0217. The molecule has 1 saturated heterocycles. The van der Waals surface area contributed by atoms with Crippen molar-refractivity contribution in [3.05, 3.63) is 35.9 Å². The third kappa shape index (κ3) is 4.31. The Morgan fingerprint density at radius 1 is 0.905 bits per heavy atom. The predicted octanol–water partition coefficient (Wildman–Crippen LogP) is 3.81. The van der Waals surface area contributed by atoms with Crippen molar-refractivity contribution >= 4 is 0 Å². The Labute approximate surface area is 131 Å². The molecule has 1 aliphatic heterocycles. The Morgan fingerprint density at radius 2 is 1.52 bits per heavy atom. The maximum atomic E-state index is 2.70. The van der Waals surface area contributed by atoms with Crippen molar-refractivity contribution in [3.8, 4) is 0 Å². The third-order valence-electron chi connectivity index (χ3n) is 4.61. The van der Waals surface area contributed by atoms with Gasteiger partial charge in [-0.05, 0) is 53.5 Å². The largest absolute Gasteiger partial charge is 0.296 e. The average molecular weight is 288 g/mol. The van der Waals surface area contributed by atoms with Crippen LogP contribution in [0.15, 0.2) is 30.3 Å². The highest BCUT2D eigenvalue weighted by molar-refractivity contribution is 5.16. The van der Waals surface area contributed by atoms with Crippen molar-refractivity contribution in [2.45, 2.75) is 65.1 Å². The van der Waals surface area contributed by atoms with Gasteiger partial charge in [-0.3, -0.25) is 9.80 Å². The molecule has 0 spiro atoms. The molecular formula is C19H32N2. The van der Waals surface area contributed by atoms with Crippen molar-refractivity contribution in [2.75, 3.05) is 19.6 Å². The molecule has 21 heavy (non-hydrogen) atoms. The molecule has 2 heteroatoms. The zero-order valence-electron chi connectivity index (χ0n) is 14.7. The van der Waals surface area contributed by atoms with Crippen molar-refractivity contribution in [1.82, 2.24) is 9.80 Å².